The van der Waals surface area contributed by atoms with Gasteiger partial charge in [0.25, 0.3) is 0 Å². The van der Waals surface area contributed by atoms with Crippen LogP contribution in [-0.2, 0) is 0 Å². The van der Waals surface area contributed by atoms with Crippen molar-refractivity contribution in [2.75, 3.05) is 24.5 Å². The van der Waals surface area contributed by atoms with Crippen LogP contribution in [0.15, 0.2) is 54.6 Å². The molecule has 1 fully saturated rings. The lowest BCUT2D eigenvalue weighted by atomic mass is 10.0. The Morgan fingerprint density at radius 1 is 1.05 bits per heavy atom. The zero-order chi connectivity index (χ0) is 13.1. The molecule has 0 radical (unpaired) electrons. The van der Waals surface area contributed by atoms with Crippen molar-refractivity contribution in [3.05, 3.63) is 65.2 Å². The zero-order valence-electron chi connectivity index (χ0n) is 10.7. The Morgan fingerprint density at radius 3 is 2.68 bits per heavy atom. The third-order valence-corrected chi connectivity index (χ3v) is 3.79. The van der Waals surface area contributed by atoms with Crippen LogP contribution in [-0.4, -0.2) is 19.6 Å². The van der Waals surface area contributed by atoms with Gasteiger partial charge in [0.05, 0.1) is 0 Å². The molecule has 0 amide bonds. The fourth-order valence-corrected chi connectivity index (χ4v) is 2.75. The lowest BCUT2D eigenvalue weighted by molar-refractivity contribution is 0.472. The average molecular weight is 273 g/mol. The van der Waals surface area contributed by atoms with E-state index in [1.54, 1.807) is 0 Å². The van der Waals surface area contributed by atoms with Crippen molar-refractivity contribution >= 4 is 17.3 Å². The smallest absolute Gasteiger partial charge is 0.0498 e. The summed E-state index contributed by atoms with van der Waals surface area (Å²) in [5.74, 6) is 0. The number of rotatable bonds is 2. The van der Waals surface area contributed by atoms with E-state index in [1.807, 2.05) is 18.2 Å². The van der Waals surface area contributed by atoms with E-state index in [0.717, 1.165) is 24.7 Å². The van der Waals surface area contributed by atoms with Crippen LogP contribution in [0.5, 0.6) is 0 Å². The van der Waals surface area contributed by atoms with Crippen LogP contribution in [0.2, 0.25) is 5.02 Å². The van der Waals surface area contributed by atoms with E-state index < -0.39 is 0 Å². The topological polar surface area (TPSA) is 15.3 Å². The minimum Gasteiger partial charge on any atom is -0.368 e. The molecule has 0 aliphatic carbocycles. The van der Waals surface area contributed by atoms with E-state index in [1.165, 1.54) is 11.3 Å². The molecule has 2 aromatic rings. The van der Waals surface area contributed by atoms with Crippen LogP contribution < -0.4 is 10.2 Å². The van der Waals surface area contributed by atoms with Gasteiger partial charge in [0.1, 0.15) is 0 Å². The average Bonchev–Trinajstić information content (AvgIpc) is 2.48. The third-order valence-electron chi connectivity index (χ3n) is 3.55. The van der Waals surface area contributed by atoms with Crippen LogP contribution in [0.4, 0.5) is 5.69 Å². The van der Waals surface area contributed by atoms with Gasteiger partial charge in [0, 0.05) is 36.4 Å². The van der Waals surface area contributed by atoms with Gasteiger partial charge in [-0.25, -0.2) is 0 Å². The summed E-state index contributed by atoms with van der Waals surface area (Å²) in [5, 5.41) is 4.37. The molecule has 1 heterocycles. The summed E-state index contributed by atoms with van der Waals surface area (Å²) in [5.41, 5.74) is 2.55. The fraction of sp³-hybridized carbons (Fsp3) is 0.250. The van der Waals surface area contributed by atoms with E-state index >= 15 is 0 Å². The summed E-state index contributed by atoms with van der Waals surface area (Å²) < 4.78 is 0. The minimum atomic E-state index is 0.383. The van der Waals surface area contributed by atoms with E-state index in [0.29, 0.717) is 6.04 Å². The lowest BCUT2D eigenvalue weighted by Crippen LogP contribution is -2.45. The third kappa shape index (κ3) is 2.91. The first-order valence-corrected chi connectivity index (χ1v) is 6.99. The Labute approximate surface area is 119 Å². The fourth-order valence-electron chi connectivity index (χ4n) is 2.57. The Kier molecular flexibility index (Phi) is 3.72. The van der Waals surface area contributed by atoms with Crippen molar-refractivity contribution in [2.45, 2.75) is 6.04 Å². The standard InChI is InChI=1S/C16H17ClN2/c17-14-7-4-8-15(11-14)19-10-9-18-16(12-19)13-5-2-1-3-6-13/h1-8,11,16,18H,9-10,12H2. The molecule has 19 heavy (non-hydrogen) atoms. The summed E-state index contributed by atoms with van der Waals surface area (Å²) >= 11 is 6.08. The number of nitrogens with one attached hydrogen (secondary N) is 1. The van der Waals surface area contributed by atoms with Gasteiger partial charge in [-0.15, -0.1) is 0 Å². The maximum atomic E-state index is 6.08. The summed E-state index contributed by atoms with van der Waals surface area (Å²) in [6, 6.07) is 19.1. The SMILES string of the molecule is Clc1cccc(N2CCNC(c3ccccc3)C2)c1. The van der Waals surface area contributed by atoms with Gasteiger partial charge in [-0.2, -0.15) is 0 Å². The molecule has 1 aliphatic rings. The van der Waals surface area contributed by atoms with Crippen LogP contribution in [0.1, 0.15) is 11.6 Å². The second kappa shape index (κ2) is 5.64. The number of anilines is 1. The molecular formula is C16H17ClN2. The van der Waals surface area contributed by atoms with E-state index in [-0.39, 0.29) is 0 Å². The molecule has 0 bridgehead atoms. The number of nitrogens with zero attached hydrogens (tertiary/aromatic N) is 1. The van der Waals surface area contributed by atoms with Crippen molar-refractivity contribution in [1.29, 1.82) is 0 Å². The molecule has 1 unspecified atom stereocenters. The van der Waals surface area contributed by atoms with Crippen LogP contribution in [0.3, 0.4) is 0 Å². The Morgan fingerprint density at radius 2 is 1.89 bits per heavy atom. The van der Waals surface area contributed by atoms with Gasteiger partial charge in [0.2, 0.25) is 0 Å². The quantitative estimate of drug-likeness (QED) is 0.900. The highest BCUT2D eigenvalue weighted by Gasteiger charge is 2.20. The second-order valence-electron chi connectivity index (χ2n) is 4.84. The molecular weight excluding hydrogens is 256 g/mol. The van der Waals surface area contributed by atoms with Gasteiger partial charge in [-0.3, -0.25) is 0 Å². The highest BCUT2D eigenvalue weighted by atomic mass is 35.5. The number of benzene rings is 2. The molecule has 3 rings (SSSR count). The number of hydrogen-bond acceptors (Lipinski definition) is 2. The highest BCUT2D eigenvalue weighted by Crippen LogP contribution is 2.24. The molecule has 98 valence electrons. The maximum Gasteiger partial charge on any atom is 0.0498 e. The van der Waals surface area contributed by atoms with Crippen molar-refractivity contribution in [1.82, 2.24) is 5.32 Å². The van der Waals surface area contributed by atoms with Crippen LogP contribution in [0.25, 0.3) is 0 Å². The van der Waals surface area contributed by atoms with Crippen molar-refractivity contribution in [3.63, 3.8) is 0 Å². The largest absolute Gasteiger partial charge is 0.368 e. The zero-order valence-corrected chi connectivity index (χ0v) is 11.5. The van der Waals surface area contributed by atoms with Crippen LogP contribution in [0, 0.1) is 0 Å². The molecule has 1 saturated heterocycles. The first-order chi connectivity index (χ1) is 9.33. The molecule has 3 heteroatoms. The van der Waals surface area contributed by atoms with Gasteiger partial charge in [-0.05, 0) is 23.8 Å². The van der Waals surface area contributed by atoms with Crippen molar-refractivity contribution in [2.24, 2.45) is 0 Å². The van der Waals surface area contributed by atoms with Gasteiger partial charge >= 0.3 is 0 Å². The molecule has 1 aliphatic heterocycles. The molecule has 1 atom stereocenters. The monoisotopic (exact) mass is 272 g/mol. The van der Waals surface area contributed by atoms with E-state index in [9.17, 15) is 0 Å². The van der Waals surface area contributed by atoms with Gasteiger partial charge < -0.3 is 10.2 Å². The Bertz CT molecular complexity index is 541. The maximum absolute atomic E-state index is 6.08. The molecule has 2 nitrogen and oxygen atoms in total. The first kappa shape index (κ1) is 12.5. The number of hydrogen-bond donors (Lipinski definition) is 1. The summed E-state index contributed by atoms with van der Waals surface area (Å²) in [6.45, 7) is 2.99. The number of piperazine rings is 1. The normalized spacial score (nSPS) is 19.4. The summed E-state index contributed by atoms with van der Waals surface area (Å²) in [4.78, 5) is 2.39. The predicted molar refractivity (Wildman–Crippen MR) is 80.9 cm³/mol. The number of halogens is 1. The molecule has 0 saturated carbocycles. The van der Waals surface area contributed by atoms with Gasteiger partial charge in [0.15, 0.2) is 0 Å². The Balaban J connectivity index is 1.78. The molecule has 2 aromatic carbocycles. The summed E-state index contributed by atoms with van der Waals surface area (Å²) in [6.07, 6.45) is 0. The van der Waals surface area contributed by atoms with Crippen LogP contribution >= 0.6 is 11.6 Å². The van der Waals surface area contributed by atoms with Gasteiger partial charge in [-0.1, -0.05) is 48.0 Å². The van der Waals surface area contributed by atoms with E-state index in [4.69, 9.17) is 11.6 Å². The second-order valence-corrected chi connectivity index (χ2v) is 5.28. The first-order valence-electron chi connectivity index (χ1n) is 6.62. The van der Waals surface area contributed by atoms with Crippen molar-refractivity contribution in [3.8, 4) is 0 Å². The minimum absolute atomic E-state index is 0.383. The Hall–Kier alpha value is -1.51. The molecule has 0 aromatic heterocycles. The highest BCUT2D eigenvalue weighted by molar-refractivity contribution is 6.30. The summed E-state index contributed by atoms with van der Waals surface area (Å²) in [7, 11) is 0. The molecule has 0 spiro atoms. The molecule has 1 N–H and O–H groups in total. The lowest BCUT2D eigenvalue weighted by Gasteiger charge is -2.35. The predicted octanol–water partition coefficient (Wildman–Crippen LogP) is 3.49. The van der Waals surface area contributed by atoms with Crippen molar-refractivity contribution < 1.29 is 0 Å². The van der Waals surface area contributed by atoms with E-state index in [2.05, 4.69) is 46.6 Å².